The Morgan fingerprint density at radius 1 is 1.38 bits per heavy atom. The van der Waals surface area contributed by atoms with Crippen LogP contribution in [0.25, 0.3) is 0 Å². The molecule has 1 atom stereocenters. The number of ether oxygens (including phenoxy) is 2. The molecule has 0 radical (unpaired) electrons. The SMILES string of the molecule is COc1cccc(OC[C@@H]2CCCN(CC(=O)Nc3cnn(C)c3)C2)c1. The Morgan fingerprint density at radius 3 is 3.00 bits per heavy atom. The third kappa shape index (κ3) is 5.23. The molecule has 140 valence electrons. The maximum atomic E-state index is 12.2. The minimum atomic E-state index is -0.00707. The lowest BCUT2D eigenvalue weighted by Gasteiger charge is -2.32. The molecule has 2 heterocycles. The normalized spacial score (nSPS) is 17.7. The maximum Gasteiger partial charge on any atom is 0.238 e. The summed E-state index contributed by atoms with van der Waals surface area (Å²) in [6.45, 7) is 2.85. The lowest BCUT2D eigenvalue weighted by molar-refractivity contribution is -0.117. The number of hydrogen-bond acceptors (Lipinski definition) is 5. The molecule has 0 aliphatic carbocycles. The van der Waals surface area contributed by atoms with E-state index in [2.05, 4.69) is 15.3 Å². The molecule has 26 heavy (non-hydrogen) atoms. The second-order valence-electron chi connectivity index (χ2n) is 6.68. The number of amides is 1. The summed E-state index contributed by atoms with van der Waals surface area (Å²) in [5.74, 6) is 2.02. The Hall–Kier alpha value is -2.54. The third-order valence-corrected chi connectivity index (χ3v) is 4.49. The van der Waals surface area contributed by atoms with Gasteiger partial charge < -0.3 is 14.8 Å². The number of nitrogens with zero attached hydrogens (tertiary/aromatic N) is 3. The topological polar surface area (TPSA) is 68.6 Å². The van der Waals surface area contributed by atoms with Gasteiger partial charge in [-0.3, -0.25) is 14.4 Å². The highest BCUT2D eigenvalue weighted by atomic mass is 16.5. The van der Waals surface area contributed by atoms with Crippen LogP contribution in [0.2, 0.25) is 0 Å². The number of benzene rings is 1. The third-order valence-electron chi connectivity index (χ3n) is 4.49. The summed E-state index contributed by atoms with van der Waals surface area (Å²) in [7, 11) is 3.47. The number of nitrogens with one attached hydrogen (secondary N) is 1. The van der Waals surface area contributed by atoms with Gasteiger partial charge in [0.05, 0.1) is 32.1 Å². The van der Waals surface area contributed by atoms with E-state index >= 15 is 0 Å². The second kappa shape index (κ2) is 8.71. The zero-order valence-electron chi connectivity index (χ0n) is 15.4. The molecular weight excluding hydrogens is 332 g/mol. The highest BCUT2D eigenvalue weighted by Gasteiger charge is 2.22. The molecule has 0 spiro atoms. The Morgan fingerprint density at radius 2 is 2.23 bits per heavy atom. The second-order valence-corrected chi connectivity index (χ2v) is 6.68. The molecule has 1 fully saturated rings. The van der Waals surface area contributed by atoms with Crippen LogP contribution in [0, 0.1) is 5.92 Å². The predicted octanol–water partition coefficient (Wildman–Crippen LogP) is 2.16. The van der Waals surface area contributed by atoms with Gasteiger partial charge in [-0.1, -0.05) is 6.07 Å². The largest absolute Gasteiger partial charge is 0.497 e. The fraction of sp³-hybridized carbons (Fsp3) is 0.474. The van der Waals surface area contributed by atoms with Gasteiger partial charge >= 0.3 is 0 Å². The molecule has 3 rings (SSSR count). The molecule has 2 aromatic rings. The quantitative estimate of drug-likeness (QED) is 0.821. The zero-order valence-corrected chi connectivity index (χ0v) is 15.4. The lowest BCUT2D eigenvalue weighted by Crippen LogP contribution is -2.41. The monoisotopic (exact) mass is 358 g/mol. The summed E-state index contributed by atoms with van der Waals surface area (Å²) in [6.07, 6.45) is 5.63. The number of methoxy groups -OCH3 is 1. The minimum Gasteiger partial charge on any atom is -0.497 e. The van der Waals surface area contributed by atoms with Crippen molar-refractivity contribution in [1.29, 1.82) is 0 Å². The molecule has 7 nitrogen and oxygen atoms in total. The summed E-state index contributed by atoms with van der Waals surface area (Å²) in [4.78, 5) is 14.4. The van der Waals surface area contributed by atoms with Crippen LogP contribution in [0.1, 0.15) is 12.8 Å². The van der Waals surface area contributed by atoms with Crippen molar-refractivity contribution in [2.45, 2.75) is 12.8 Å². The van der Waals surface area contributed by atoms with Gasteiger partial charge in [0, 0.05) is 31.8 Å². The van der Waals surface area contributed by atoms with E-state index in [-0.39, 0.29) is 5.91 Å². The Balaban J connectivity index is 1.45. The van der Waals surface area contributed by atoms with Crippen LogP contribution in [0.15, 0.2) is 36.7 Å². The van der Waals surface area contributed by atoms with Crippen LogP contribution in [0.5, 0.6) is 11.5 Å². The van der Waals surface area contributed by atoms with Gasteiger partial charge in [-0.2, -0.15) is 5.10 Å². The molecule has 1 N–H and O–H groups in total. The first kappa shape index (κ1) is 18.3. The van der Waals surface area contributed by atoms with E-state index < -0.39 is 0 Å². The Bertz CT molecular complexity index is 731. The molecule has 0 bridgehead atoms. The van der Waals surface area contributed by atoms with E-state index in [0.717, 1.165) is 43.1 Å². The highest BCUT2D eigenvalue weighted by Crippen LogP contribution is 2.22. The van der Waals surface area contributed by atoms with Gasteiger partial charge in [-0.15, -0.1) is 0 Å². The fourth-order valence-electron chi connectivity index (χ4n) is 3.23. The van der Waals surface area contributed by atoms with Crippen LogP contribution in [-0.4, -0.2) is 53.9 Å². The Labute approximate surface area is 153 Å². The smallest absolute Gasteiger partial charge is 0.238 e. The molecule has 0 unspecified atom stereocenters. The van der Waals surface area contributed by atoms with Gasteiger partial charge in [-0.05, 0) is 31.5 Å². The van der Waals surface area contributed by atoms with Gasteiger partial charge in [0.1, 0.15) is 11.5 Å². The van der Waals surface area contributed by atoms with Crippen molar-refractivity contribution in [1.82, 2.24) is 14.7 Å². The zero-order chi connectivity index (χ0) is 18.4. The highest BCUT2D eigenvalue weighted by molar-refractivity contribution is 5.91. The number of aromatic nitrogens is 2. The summed E-state index contributed by atoms with van der Waals surface area (Å²) in [5, 5.41) is 6.94. The summed E-state index contributed by atoms with van der Waals surface area (Å²) < 4.78 is 12.8. The average molecular weight is 358 g/mol. The van der Waals surface area contributed by atoms with E-state index in [1.807, 2.05) is 31.3 Å². The van der Waals surface area contributed by atoms with Crippen LogP contribution >= 0.6 is 0 Å². The molecular formula is C19H26N4O3. The van der Waals surface area contributed by atoms with E-state index in [1.54, 1.807) is 24.2 Å². The summed E-state index contributed by atoms with van der Waals surface area (Å²) in [5.41, 5.74) is 0.729. The first-order chi connectivity index (χ1) is 12.6. The van der Waals surface area contributed by atoms with Crippen molar-refractivity contribution in [3.63, 3.8) is 0 Å². The van der Waals surface area contributed by atoms with Gasteiger partial charge in [0.25, 0.3) is 0 Å². The molecule has 1 aliphatic heterocycles. The van der Waals surface area contributed by atoms with Crippen molar-refractivity contribution in [3.05, 3.63) is 36.7 Å². The number of piperidine rings is 1. The number of likely N-dealkylation sites (tertiary alicyclic amines) is 1. The molecule has 1 aliphatic rings. The fourth-order valence-corrected chi connectivity index (χ4v) is 3.23. The van der Waals surface area contributed by atoms with Crippen molar-refractivity contribution >= 4 is 11.6 Å². The molecule has 7 heteroatoms. The summed E-state index contributed by atoms with van der Waals surface area (Å²) in [6, 6.07) is 7.65. The van der Waals surface area contributed by atoms with Crippen LogP contribution in [0.4, 0.5) is 5.69 Å². The maximum absolute atomic E-state index is 12.2. The number of carbonyl (C=O) groups excluding carboxylic acids is 1. The van der Waals surface area contributed by atoms with Crippen LogP contribution < -0.4 is 14.8 Å². The van der Waals surface area contributed by atoms with E-state index in [9.17, 15) is 4.79 Å². The van der Waals surface area contributed by atoms with Gasteiger partial charge in [-0.25, -0.2) is 0 Å². The number of hydrogen-bond donors (Lipinski definition) is 1. The molecule has 1 aromatic heterocycles. The Kier molecular flexibility index (Phi) is 6.12. The molecule has 1 amide bonds. The van der Waals surface area contributed by atoms with E-state index in [4.69, 9.17) is 9.47 Å². The first-order valence-corrected chi connectivity index (χ1v) is 8.90. The number of aryl methyl sites for hydroxylation is 1. The first-order valence-electron chi connectivity index (χ1n) is 8.90. The lowest BCUT2D eigenvalue weighted by atomic mass is 9.99. The minimum absolute atomic E-state index is 0.00707. The molecule has 0 saturated carbocycles. The van der Waals surface area contributed by atoms with E-state index in [0.29, 0.717) is 19.1 Å². The van der Waals surface area contributed by atoms with Crippen LogP contribution in [-0.2, 0) is 11.8 Å². The van der Waals surface area contributed by atoms with Gasteiger partial charge in [0.15, 0.2) is 0 Å². The van der Waals surface area contributed by atoms with Crippen molar-refractivity contribution in [2.75, 3.05) is 38.7 Å². The number of anilines is 1. The standard InChI is InChI=1S/C19H26N4O3/c1-22-12-16(10-20-22)21-19(24)13-23-8-4-5-15(11-23)14-26-18-7-3-6-17(9-18)25-2/h3,6-7,9-10,12,15H,4-5,8,11,13-14H2,1-2H3,(H,21,24)/t15-/m1/s1. The van der Waals surface area contributed by atoms with Gasteiger partial charge in [0.2, 0.25) is 5.91 Å². The van der Waals surface area contributed by atoms with Crippen molar-refractivity contribution in [3.8, 4) is 11.5 Å². The predicted molar refractivity (Wildman–Crippen MR) is 99.5 cm³/mol. The van der Waals surface area contributed by atoms with Crippen LogP contribution in [0.3, 0.4) is 0 Å². The van der Waals surface area contributed by atoms with Crippen molar-refractivity contribution < 1.29 is 14.3 Å². The molecule has 1 aromatic carbocycles. The summed E-state index contributed by atoms with van der Waals surface area (Å²) >= 11 is 0. The number of carbonyl (C=O) groups is 1. The number of rotatable bonds is 7. The molecule has 1 saturated heterocycles. The van der Waals surface area contributed by atoms with Crippen molar-refractivity contribution in [2.24, 2.45) is 13.0 Å². The van der Waals surface area contributed by atoms with E-state index in [1.165, 1.54) is 0 Å². The average Bonchev–Trinajstić information content (AvgIpc) is 3.05.